The number of aryl methyl sites for hydroxylation is 2. The first kappa shape index (κ1) is 39.0. The van der Waals surface area contributed by atoms with E-state index in [0.29, 0.717) is 30.6 Å². The van der Waals surface area contributed by atoms with Crippen molar-refractivity contribution in [2.24, 2.45) is 0 Å². The highest BCUT2D eigenvalue weighted by Gasteiger charge is 2.36. The molecule has 5 aliphatic heterocycles. The Labute approximate surface area is 369 Å². The van der Waals surface area contributed by atoms with Crippen molar-refractivity contribution in [2.75, 3.05) is 44.7 Å². The molecule has 10 heteroatoms. The monoisotopic (exact) mass is 889 g/mol. The van der Waals surface area contributed by atoms with E-state index < -0.39 is 5.97 Å². The van der Waals surface area contributed by atoms with Gasteiger partial charge in [0.1, 0.15) is 30.3 Å². The minimum atomic E-state index is -1.06. The first-order valence-corrected chi connectivity index (χ1v) is 23.0. The van der Waals surface area contributed by atoms with Gasteiger partial charge in [-0.1, -0.05) is 34.1 Å². The number of benzene rings is 5. The molecule has 11 rings (SSSR count). The maximum atomic E-state index is 14.0. The number of fused-ring (bicyclic) bond motifs is 5. The van der Waals surface area contributed by atoms with Gasteiger partial charge in [0.25, 0.3) is 5.91 Å². The van der Waals surface area contributed by atoms with Gasteiger partial charge in [-0.15, -0.1) is 0 Å². The number of hydrogen-bond acceptors (Lipinski definition) is 5. The van der Waals surface area contributed by atoms with Gasteiger partial charge in [0.15, 0.2) is 0 Å². The summed E-state index contributed by atoms with van der Waals surface area (Å²) in [6.45, 7) is 7.43. The topological polar surface area (TPSA) is 96.0 Å². The number of ether oxygens (including phenoxy) is 2. The number of hydrogen-bond donors (Lipinski definition) is 2. The van der Waals surface area contributed by atoms with E-state index in [2.05, 4.69) is 90.7 Å². The summed E-state index contributed by atoms with van der Waals surface area (Å²) in [5, 5.41) is 17.5. The third-order valence-electron chi connectivity index (χ3n) is 14.0. The highest BCUT2D eigenvalue weighted by Crippen LogP contribution is 2.49. The van der Waals surface area contributed by atoms with E-state index in [1.54, 1.807) is 19.2 Å². The van der Waals surface area contributed by atoms with Gasteiger partial charge in [0.05, 0.1) is 18.2 Å². The van der Waals surface area contributed by atoms with Crippen LogP contribution in [0.4, 0.5) is 5.69 Å². The number of nitrogens with zero attached hydrogens (tertiary/aromatic N) is 3. The Bertz CT molecular complexity index is 3020. The van der Waals surface area contributed by atoms with Crippen LogP contribution < -0.4 is 34.8 Å². The lowest BCUT2D eigenvalue weighted by Crippen LogP contribution is -2.45. The van der Waals surface area contributed by atoms with Crippen LogP contribution in [-0.4, -0.2) is 61.4 Å². The minimum absolute atomic E-state index is 0.117. The molecule has 0 atom stereocenters. The zero-order valence-electron chi connectivity index (χ0n) is 35.3. The Morgan fingerprint density at radius 3 is 2.44 bits per heavy atom. The van der Waals surface area contributed by atoms with Crippen LogP contribution in [0.15, 0.2) is 77.3 Å². The van der Waals surface area contributed by atoms with Gasteiger partial charge in [0.2, 0.25) is 5.36 Å². The van der Waals surface area contributed by atoms with E-state index >= 15 is 0 Å². The van der Waals surface area contributed by atoms with Gasteiger partial charge in [-0.25, -0.2) is 9.37 Å². The molecule has 0 fully saturated rings. The normalized spacial score (nSPS) is 16.0. The molecule has 0 unspecified atom stereocenters. The highest BCUT2D eigenvalue weighted by atomic mass is 79.9. The van der Waals surface area contributed by atoms with E-state index in [1.165, 1.54) is 38.9 Å². The average Bonchev–Trinajstić information content (AvgIpc) is 3.55. The molecule has 0 bridgehead atoms. The number of nitrogens with one attached hydrogen (secondary N) is 1. The average molecular weight is 891 g/mol. The Kier molecular flexibility index (Phi) is 9.74. The highest BCUT2D eigenvalue weighted by molar-refractivity contribution is 9.10. The second-order valence-electron chi connectivity index (χ2n) is 17.6. The second-order valence-corrected chi connectivity index (χ2v) is 18.5. The molecular formula is C52H50BrN4O5+. The SMILES string of the molecule is COc1ccc2c(c1)c(CCNC(=O)c1ccc(C3=c4cc5c6c(c4Oc4c3cc3c7c4CCCN7CCC3)CCC[N+]=6CCC5)c(C(=O)O)c1)c(C)n2Cc1ccc(Br)cc1. The molecule has 6 aromatic rings. The molecule has 0 radical (unpaired) electrons. The number of amides is 1. The van der Waals surface area contributed by atoms with Crippen molar-refractivity contribution in [3.8, 4) is 17.2 Å². The van der Waals surface area contributed by atoms with Crippen molar-refractivity contribution in [3.63, 3.8) is 0 Å². The number of carboxylic acids is 1. The number of methoxy groups -OCH3 is 1. The molecule has 6 heterocycles. The smallest absolute Gasteiger partial charge is 0.336 e. The Morgan fingerprint density at radius 2 is 1.63 bits per heavy atom. The summed E-state index contributed by atoms with van der Waals surface area (Å²) in [6.07, 6.45) is 8.74. The number of carboxylic acid groups (broad SMARTS) is 1. The van der Waals surface area contributed by atoms with Crippen LogP contribution in [0.3, 0.4) is 0 Å². The number of anilines is 1. The first-order valence-electron chi connectivity index (χ1n) is 22.2. The summed E-state index contributed by atoms with van der Waals surface area (Å²) >= 11 is 3.55. The zero-order valence-corrected chi connectivity index (χ0v) is 36.9. The Balaban J connectivity index is 0.973. The fourth-order valence-corrected chi connectivity index (χ4v) is 11.5. The van der Waals surface area contributed by atoms with Crippen molar-refractivity contribution >= 4 is 50.0 Å². The Hall–Kier alpha value is -5.87. The summed E-state index contributed by atoms with van der Waals surface area (Å²) in [5.41, 5.74) is 14.0. The molecule has 0 saturated carbocycles. The van der Waals surface area contributed by atoms with Gasteiger partial charge in [-0.05, 0) is 129 Å². The van der Waals surface area contributed by atoms with E-state index in [-0.39, 0.29) is 11.5 Å². The molecule has 2 N–H and O–H groups in total. The summed E-state index contributed by atoms with van der Waals surface area (Å²) < 4.78 is 18.7. The molecular weight excluding hydrogens is 840 g/mol. The second kappa shape index (κ2) is 15.5. The first-order chi connectivity index (χ1) is 30.2. The van der Waals surface area contributed by atoms with E-state index in [4.69, 9.17) is 9.47 Å². The summed E-state index contributed by atoms with van der Waals surface area (Å²) in [5.74, 6) is 1.18. The lowest BCUT2D eigenvalue weighted by Gasteiger charge is -2.39. The van der Waals surface area contributed by atoms with Crippen LogP contribution in [-0.2, 0) is 38.6 Å². The van der Waals surface area contributed by atoms with Crippen LogP contribution in [0, 0.1) is 6.92 Å². The lowest BCUT2D eigenvalue weighted by molar-refractivity contribution is 0.0696. The standard InChI is InChI=1S/C52H49BrN4O5/c1-30-37(41-28-36(61-2)16-18-45(41)57(30)29-31-11-14-35(53)15-12-31)19-20-54-51(58)34-13-17-38(42(27-34)52(59)60)46-43-25-32-7-3-21-55-23-5-9-39(47(32)55)49(43)62-50-40-10-6-24-56-22-4-8-33(48(40)56)26-44(46)50/h11-18,25-28H,3-10,19-24,29H2,1-2H3,(H-,54,58,59,60)/p+1. The van der Waals surface area contributed by atoms with Gasteiger partial charge >= 0.3 is 5.97 Å². The largest absolute Gasteiger partial charge is 0.497 e. The fraction of sp³-hybridized carbons (Fsp3) is 0.327. The third kappa shape index (κ3) is 6.43. The van der Waals surface area contributed by atoms with Crippen LogP contribution in [0.1, 0.15) is 96.6 Å². The van der Waals surface area contributed by atoms with Crippen molar-refractivity contribution < 1.29 is 24.2 Å². The summed E-state index contributed by atoms with van der Waals surface area (Å²) in [7, 11) is 1.68. The number of carbonyl (C=O) groups is 2. The van der Waals surface area contributed by atoms with Crippen LogP contribution >= 0.6 is 15.9 Å². The molecule has 0 spiro atoms. The van der Waals surface area contributed by atoms with Crippen LogP contribution in [0.5, 0.6) is 17.2 Å². The van der Waals surface area contributed by atoms with Crippen LogP contribution in [0.2, 0.25) is 0 Å². The molecule has 0 saturated heterocycles. The van der Waals surface area contributed by atoms with Gasteiger partial charge in [0, 0.05) is 98.8 Å². The summed E-state index contributed by atoms with van der Waals surface area (Å²) in [4.78, 5) is 30.0. The minimum Gasteiger partial charge on any atom is -0.497 e. The number of halogens is 1. The van der Waals surface area contributed by atoms with Gasteiger partial charge in [-0.3, -0.25) is 4.79 Å². The third-order valence-corrected chi connectivity index (χ3v) is 14.6. The predicted octanol–water partition coefficient (Wildman–Crippen LogP) is 7.88. The summed E-state index contributed by atoms with van der Waals surface area (Å²) in [6, 6.07) is 24.4. The predicted molar refractivity (Wildman–Crippen MR) is 246 cm³/mol. The van der Waals surface area contributed by atoms with Crippen LogP contribution in [0.25, 0.3) is 16.5 Å². The maximum Gasteiger partial charge on any atom is 0.336 e. The fourth-order valence-electron chi connectivity index (χ4n) is 11.2. The zero-order chi connectivity index (χ0) is 42.2. The number of aromatic nitrogens is 1. The quantitative estimate of drug-likeness (QED) is 0.143. The molecule has 0 aliphatic carbocycles. The van der Waals surface area contributed by atoms with E-state index in [9.17, 15) is 14.7 Å². The van der Waals surface area contributed by atoms with Gasteiger partial charge < -0.3 is 29.4 Å². The molecule has 1 amide bonds. The van der Waals surface area contributed by atoms with E-state index in [1.807, 2.05) is 12.1 Å². The molecule has 314 valence electrons. The van der Waals surface area contributed by atoms with Crippen molar-refractivity contribution in [3.05, 3.63) is 149 Å². The number of carbonyl (C=O) groups excluding carboxylic acids is 1. The molecule has 1 aromatic heterocycles. The number of aromatic carboxylic acids is 1. The maximum absolute atomic E-state index is 14.0. The van der Waals surface area contributed by atoms with Crippen molar-refractivity contribution in [1.29, 1.82) is 0 Å². The molecule has 9 nitrogen and oxygen atoms in total. The van der Waals surface area contributed by atoms with E-state index in [0.717, 1.165) is 138 Å². The van der Waals surface area contributed by atoms with Gasteiger partial charge in [-0.2, -0.15) is 0 Å². The molecule has 62 heavy (non-hydrogen) atoms. The molecule has 5 aromatic carbocycles. The molecule has 5 aliphatic rings. The van der Waals surface area contributed by atoms with Crippen molar-refractivity contribution in [1.82, 2.24) is 14.5 Å². The lowest BCUT2D eigenvalue weighted by atomic mass is 9.81. The Morgan fingerprint density at radius 1 is 0.855 bits per heavy atom. The number of rotatable bonds is 9. The van der Waals surface area contributed by atoms with Crippen molar-refractivity contribution in [2.45, 2.75) is 71.3 Å².